The van der Waals surface area contributed by atoms with Crippen molar-refractivity contribution in [2.75, 3.05) is 26.3 Å². The van der Waals surface area contributed by atoms with Crippen molar-refractivity contribution >= 4 is 5.96 Å². The van der Waals surface area contributed by atoms with Gasteiger partial charge >= 0.3 is 6.18 Å². The smallest absolute Gasteiger partial charge is 0.422 e. The molecule has 0 saturated heterocycles. The normalized spacial score (nSPS) is 17.1. The number of nitrogens with one attached hydrogen (secondary N) is 2. The zero-order valence-corrected chi connectivity index (χ0v) is 16.9. The molecule has 1 aliphatic rings. The van der Waals surface area contributed by atoms with E-state index in [-0.39, 0.29) is 24.4 Å². The number of ether oxygens (including phenoxy) is 1. The number of halogens is 3. The van der Waals surface area contributed by atoms with Crippen LogP contribution in [0.1, 0.15) is 51.0 Å². The van der Waals surface area contributed by atoms with E-state index in [4.69, 9.17) is 4.74 Å². The summed E-state index contributed by atoms with van der Waals surface area (Å²) in [6, 6.07) is 3.30. The molecule has 164 valence electrons. The number of aliphatic hydroxyl groups excluding tert-OH is 1. The van der Waals surface area contributed by atoms with Crippen molar-refractivity contribution < 1.29 is 23.0 Å². The topological polar surface area (TPSA) is 78.8 Å². The van der Waals surface area contributed by atoms with Crippen molar-refractivity contribution in [2.45, 2.75) is 58.2 Å². The molecule has 6 nitrogen and oxygen atoms in total. The highest BCUT2D eigenvalue weighted by Gasteiger charge is 2.31. The highest BCUT2D eigenvalue weighted by molar-refractivity contribution is 5.79. The van der Waals surface area contributed by atoms with Gasteiger partial charge in [-0.05, 0) is 37.7 Å². The molecule has 0 aromatic carbocycles. The molecule has 1 heterocycles. The lowest BCUT2D eigenvalue weighted by atomic mass is 9.72. The van der Waals surface area contributed by atoms with Gasteiger partial charge in [0, 0.05) is 31.5 Å². The molecule has 29 heavy (non-hydrogen) atoms. The molecular weight excluding hydrogens is 385 g/mol. The van der Waals surface area contributed by atoms with E-state index in [9.17, 15) is 18.3 Å². The Bertz CT molecular complexity index is 641. The first-order chi connectivity index (χ1) is 13.9. The molecule has 1 aromatic heterocycles. The maximum atomic E-state index is 12.4. The Hall–Kier alpha value is -2.03. The Morgan fingerprint density at radius 2 is 2.03 bits per heavy atom. The molecule has 0 radical (unpaired) electrons. The summed E-state index contributed by atoms with van der Waals surface area (Å²) in [6.07, 6.45) is 3.39. The van der Waals surface area contributed by atoms with Crippen LogP contribution >= 0.6 is 0 Å². The third kappa shape index (κ3) is 8.08. The molecular formula is C20H31F3N4O2. The zero-order chi connectivity index (χ0) is 21.2. The fourth-order valence-corrected chi connectivity index (χ4v) is 3.66. The lowest BCUT2D eigenvalue weighted by Crippen LogP contribution is -2.45. The van der Waals surface area contributed by atoms with Gasteiger partial charge < -0.3 is 20.5 Å². The van der Waals surface area contributed by atoms with Crippen molar-refractivity contribution in [3.8, 4) is 5.88 Å². The first-order valence-corrected chi connectivity index (χ1v) is 10.1. The summed E-state index contributed by atoms with van der Waals surface area (Å²) in [7, 11) is 0. The average molecular weight is 416 g/mol. The fourth-order valence-electron chi connectivity index (χ4n) is 3.66. The van der Waals surface area contributed by atoms with E-state index in [0.717, 1.165) is 32.1 Å². The van der Waals surface area contributed by atoms with E-state index < -0.39 is 12.8 Å². The highest BCUT2D eigenvalue weighted by Crippen LogP contribution is 2.38. The monoisotopic (exact) mass is 416 g/mol. The molecule has 1 saturated carbocycles. The third-order valence-corrected chi connectivity index (χ3v) is 5.16. The summed E-state index contributed by atoms with van der Waals surface area (Å²) < 4.78 is 42.2. The molecule has 1 fully saturated rings. The molecule has 1 aromatic rings. The van der Waals surface area contributed by atoms with E-state index >= 15 is 0 Å². The minimum Gasteiger partial charge on any atom is -0.468 e. The van der Waals surface area contributed by atoms with E-state index in [1.54, 1.807) is 12.1 Å². The van der Waals surface area contributed by atoms with Crippen molar-refractivity contribution in [3.63, 3.8) is 0 Å². The first-order valence-electron chi connectivity index (χ1n) is 10.1. The summed E-state index contributed by atoms with van der Waals surface area (Å²) in [5, 5.41) is 16.0. The van der Waals surface area contributed by atoms with Gasteiger partial charge in [-0.1, -0.05) is 25.3 Å². The molecule has 2 rings (SSSR count). The van der Waals surface area contributed by atoms with Gasteiger partial charge in [-0.15, -0.1) is 0 Å². The Morgan fingerprint density at radius 1 is 1.28 bits per heavy atom. The van der Waals surface area contributed by atoms with Gasteiger partial charge in [0.1, 0.15) is 0 Å². The number of aliphatic hydroxyl groups is 1. The summed E-state index contributed by atoms with van der Waals surface area (Å²) >= 11 is 0. The Labute approximate surface area is 170 Å². The SMILES string of the molecule is CCNC(=NCc1cccnc1OCC(F)(F)F)NCC1(CCO)CCCCC1. The fraction of sp³-hybridized carbons (Fsp3) is 0.700. The average Bonchev–Trinajstić information content (AvgIpc) is 2.69. The van der Waals surface area contributed by atoms with Crippen molar-refractivity contribution in [1.29, 1.82) is 0 Å². The van der Waals surface area contributed by atoms with Gasteiger partial charge in [0.05, 0.1) is 6.54 Å². The van der Waals surface area contributed by atoms with Gasteiger partial charge in [-0.3, -0.25) is 0 Å². The lowest BCUT2D eigenvalue weighted by molar-refractivity contribution is -0.154. The second-order valence-electron chi connectivity index (χ2n) is 7.45. The van der Waals surface area contributed by atoms with E-state index in [1.807, 2.05) is 6.92 Å². The van der Waals surface area contributed by atoms with Crippen LogP contribution in [0.2, 0.25) is 0 Å². The summed E-state index contributed by atoms with van der Waals surface area (Å²) in [4.78, 5) is 8.40. The largest absolute Gasteiger partial charge is 0.468 e. The van der Waals surface area contributed by atoms with Crippen LogP contribution in [0.5, 0.6) is 5.88 Å². The van der Waals surface area contributed by atoms with E-state index in [1.165, 1.54) is 12.6 Å². The van der Waals surface area contributed by atoms with Gasteiger partial charge in [0.2, 0.25) is 5.88 Å². The second kappa shape index (κ2) is 11.2. The van der Waals surface area contributed by atoms with Crippen molar-refractivity contribution in [2.24, 2.45) is 10.4 Å². The maximum Gasteiger partial charge on any atom is 0.422 e. The zero-order valence-electron chi connectivity index (χ0n) is 16.9. The summed E-state index contributed by atoms with van der Waals surface area (Å²) in [5.74, 6) is 0.523. The number of aliphatic imine (C=N–C) groups is 1. The number of nitrogens with zero attached hydrogens (tertiary/aromatic N) is 2. The van der Waals surface area contributed by atoms with Crippen LogP contribution in [0.3, 0.4) is 0 Å². The number of pyridine rings is 1. The Morgan fingerprint density at radius 3 is 2.69 bits per heavy atom. The number of aromatic nitrogens is 1. The van der Waals surface area contributed by atoms with Gasteiger partial charge in [0.15, 0.2) is 12.6 Å². The highest BCUT2D eigenvalue weighted by atomic mass is 19.4. The maximum absolute atomic E-state index is 12.4. The minimum atomic E-state index is -4.42. The number of hydrogen-bond donors (Lipinski definition) is 3. The lowest BCUT2D eigenvalue weighted by Gasteiger charge is -2.37. The van der Waals surface area contributed by atoms with Crippen LogP contribution < -0.4 is 15.4 Å². The van der Waals surface area contributed by atoms with Crippen LogP contribution in [0.4, 0.5) is 13.2 Å². The van der Waals surface area contributed by atoms with E-state index in [2.05, 4.69) is 20.6 Å². The molecule has 0 unspecified atom stereocenters. The molecule has 0 spiro atoms. The molecule has 0 amide bonds. The van der Waals surface area contributed by atoms with Crippen LogP contribution in [0.25, 0.3) is 0 Å². The number of alkyl halides is 3. The third-order valence-electron chi connectivity index (χ3n) is 5.16. The minimum absolute atomic E-state index is 0.0540. The van der Waals surface area contributed by atoms with Crippen LogP contribution in [0, 0.1) is 5.41 Å². The summed E-state index contributed by atoms with van der Waals surface area (Å²) in [5.41, 5.74) is 0.537. The predicted molar refractivity (Wildman–Crippen MR) is 106 cm³/mol. The number of guanidine groups is 1. The molecule has 1 aliphatic carbocycles. The van der Waals surface area contributed by atoms with Gasteiger partial charge in [-0.2, -0.15) is 13.2 Å². The Balaban J connectivity index is 2.03. The van der Waals surface area contributed by atoms with E-state index in [0.29, 0.717) is 24.6 Å². The molecule has 3 N–H and O–H groups in total. The molecule has 9 heteroatoms. The quantitative estimate of drug-likeness (QED) is 0.425. The predicted octanol–water partition coefficient (Wildman–Crippen LogP) is 3.41. The molecule has 0 bridgehead atoms. The van der Waals surface area contributed by atoms with Crippen molar-refractivity contribution in [3.05, 3.63) is 23.9 Å². The van der Waals surface area contributed by atoms with Gasteiger partial charge in [0.25, 0.3) is 0 Å². The van der Waals surface area contributed by atoms with Crippen LogP contribution in [-0.4, -0.2) is 48.5 Å². The standard InChI is InChI=1S/C20H31F3N4O2/c1-2-24-18(27-14-19(10-12-28)8-4-3-5-9-19)26-13-16-7-6-11-25-17(16)29-15-20(21,22)23/h6-7,11,28H,2-5,8-10,12-15H2,1H3,(H2,24,26,27). The molecule has 0 aliphatic heterocycles. The van der Waals surface area contributed by atoms with Crippen LogP contribution in [-0.2, 0) is 6.54 Å². The van der Waals surface area contributed by atoms with Gasteiger partial charge in [-0.25, -0.2) is 9.98 Å². The molecule has 0 atom stereocenters. The summed E-state index contributed by atoms with van der Waals surface area (Å²) in [6.45, 7) is 2.22. The number of hydrogen-bond acceptors (Lipinski definition) is 4. The number of rotatable bonds is 9. The van der Waals surface area contributed by atoms with Crippen molar-refractivity contribution in [1.82, 2.24) is 15.6 Å². The first kappa shape index (κ1) is 23.3. The Kier molecular flexibility index (Phi) is 9.00. The second-order valence-corrected chi connectivity index (χ2v) is 7.45. The van der Waals surface area contributed by atoms with Crippen LogP contribution in [0.15, 0.2) is 23.3 Å².